The second-order valence-corrected chi connectivity index (χ2v) is 13.7. The quantitative estimate of drug-likeness (QED) is 0.238. The van der Waals surface area contributed by atoms with Crippen LogP contribution >= 0.6 is 0 Å². The van der Waals surface area contributed by atoms with Crippen LogP contribution in [0, 0.1) is 5.41 Å². The van der Waals surface area contributed by atoms with Crippen LogP contribution in [-0.4, -0.2) is 33.6 Å². The Balaban J connectivity index is 1.39. The SMILES string of the molecule is CC1C=CC(C2=CC(C)(C)C=Cc3c2n(CC2(C)CO2)c2ccccc32)=Cc2c1n(CC1(C)CO1)c1ccccc21. The molecule has 2 saturated heterocycles. The zero-order chi connectivity index (χ0) is 28.1. The number of epoxide rings is 2. The smallest absolute Gasteiger partial charge is 0.107 e. The maximum atomic E-state index is 5.94. The molecule has 4 aliphatic rings. The molecule has 4 heteroatoms. The normalized spacial score (nSPS) is 27.7. The molecule has 2 fully saturated rings. The molecule has 0 radical (unpaired) electrons. The van der Waals surface area contributed by atoms with Crippen LogP contribution in [0.1, 0.15) is 63.1 Å². The predicted molar refractivity (Wildman–Crippen MR) is 169 cm³/mol. The van der Waals surface area contributed by atoms with E-state index in [2.05, 4.69) is 129 Å². The molecule has 4 aromatic rings. The van der Waals surface area contributed by atoms with Gasteiger partial charge >= 0.3 is 0 Å². The van der Waals surface area contributed by atoms with Crippen molar-refractivity contribution in [3.05, 3.63) is 101 Å². The van der Waals surface area contributed by atoms with Crippen molar-refractivity contribution in [1.82, 2.24) is 9.13 Å². The average Bonchev–Trinajstić information content (AvgIpc) is 3.84. The lowest BCUT2D eigenvalue weighted by atomic mass is 9.88. The standard InChI is InChI=1S/C37H38N2O2/c1-24-14-15-25(18-29-27-11-7-9-13-32(27)38(33(24)29)20-36(4)22-40-36)30-19-35(2,3)17-16-28-26-10-6-8-12-31(26)39(34(28)30)21-37(5)23-41-37/h6-19,24H,20-23H2,1-5H3. The van der Waals surface area contributed by atoms with Crippen molar-refractivity contribution in [1.29, 1.82) is 0 Å². The molecule has 2 aliphatic carbocycles. The van der Waals surface area contributed by atoms with Crippen molar-refractivity contribution in [2.75, 3.05) is 13.2 Å². The van der Waals surface area contributed by atoms with Gasteiger partial charge in [0.15, 0.2) is 0 Å². The monoisotopic (exact) mass is 542 g/mol. The molecule has 2 aliphatic heterocycles. The van der Waals surface area contributed by atoms with Crippen LogP contribution in [0.2, 0.25) is 0 Å². The molecular weight excluding hydrogens is 504 g/mol. The van der Waals surface area contributed by atoms with Crippen LogP contribution < -0.4 is 0 Å². The third-order valence-corrected chi connectivity index (χ3v) is 9.38. The van der Waals surface area contributed by atoms with E-state index < -0.39 is 0 Å². The lowest BCUT2D eigenvalue weighted by Crippen LogP contribution is -2.18. The van der Waals surface area contributed by atoms with Crippen molar-refractivity contribution in [2.24, 2.45) is 5.41 Å². The van der Waals surface area contributed by atoms with E-state index in [1.54, 1.807) is 0 Å². The van der Waals surface area contributed by atoms with E-state index in [1.165, 1.54) is 55.5 Å². The van der Waals surface area contributed by atoms with Gasteiger partial charge in [0, 0.05) is 55.5 Å². The van der Waals surface area contributed by atoms with Crippen LogP contribution in [-0.2, 0) is 22.6 Å². The Kier molecular flexibility index (Phi) is 5.19. The van der Waals surface area contributed by atoms with Crippen molar-refractivity contribution in [3.8, 4) is 0 Å². The first-order valence-electron chi connectivity index (χ1n) is 15.0. The molecular formula is C37H38N2O2. The summed E-state index contributed by atoms with van der Waals surface area (Å²) in [4.78, 5) is 0. The third kappa shape index (κ3) is 4.11. The van der Waals surface area contributed by atoms with E-state index in [0.717, 1.165) is 26.3 Å². The lowest BCUT2D eigenvalue weighted by molar-refractivity contribution is 0.294. The van der Waals surface area contributed by atoms with Crippen LogP contribution in [0.25, 0.3) is 39.5 Å². The Morgan fingerprint density at radius 2 is 1.37 bits per heavy atom. The summed E-state index contributed by atoms with van der Waals surface area (Å²) in [5, 5.41) is 2.61. The summed E-state index contributed by atoms with van der Waals surface area (Å²) >= 11 is 0. The first kappa shape index (κ1) is 25.1. The topological polar surface area (TPSA) is 34.9 Å². The zero-order valence-electron chi connectivity index (χ0n) is 24.7. The minimum atomic E-state index is -0.115. The first-order valence-corrected chi connectivity index (χ1v) is 15.0. The highest BCUT2D eigenvalue weighted by Gasteiger charge is 2.42. The summed E-state index contributed by atoms with van der Waals surface area (Å²) in [7, 11) is 0. The largest absolute Gasteiger partial charge is 0.368 e. The molecule has 41 heavy (non-hydrogen) atoms. The van der Waals surface area contributed by atoms with Crippen molar-refractivity contribution in [3.63, 3.8) is 0 Å². The molecule has 0 bridgehead atoms. The number of benzene rings is 2. The fourth-order valence-electron chi connectivity index (χ4n) is 6.93. The van der Waals surface area contributed by atoms with Crippen molar-refractivity contribution in [2.45, 2.75) is 64.8 Å². The van der Waals surface area contributed by atoms with Gasteiger partial charge in [-0.3, -0.25) is 0 Å². The molecule has 208 valence electrons. The number of rotatable bonds is 5. The molecule has 4 heterocycles. The molecule has 0 saturated carbocycles. The molecule has 3 unspecified atom stereocenters. The molecule has 0 spiro atoms. The number of ether oxygens (including phenoxy) is 2. The molecule has 0 N–H and O–H groups in total. The van der Waals surface area contributed by atoms with Crippen molar-refractivity contribution < 1.29 is 9.47 Å². The van der Waals surface area contributed by atoms with Crippen LogP contribution in [0.15, 0.2) is 78.4 Å². The van der Waals surface area contributed by atoms with Gasteiger partial charge in [-0.25, -0.2) is 0 Å². The summed E-state index contributed by atoms with van der Waals surface area (Å²) in [6.45, 7) is 14.7. The van der Waals surface area contributed by atoms with E-state index in [-0.39, 0.29) is 22.5 Å². The Hall–Kier alpha value is -3.60. The van der Waals surface area contributed by atoms with E-state index in [1.807, 2.05) is 0 Å². The summed E-state index contributed by atoms with van der Waals surface area (Å²) < 4.78 is 16.9. The number of fused-ring (bicyclic) bond motifs is 6. The maximum Gasteiger partial charge on any atom is 0.107 e. The minimum absolute atomic E-state index is 0.0752. The highest BCUT2D eigenvalue weighted by Crippen LogP contribution is 2.46. The third-order valence-electron chi connectivity index (χ3n) is 9.38. The van der Waals surface area contributed by atoms with Crippen LogP contribution in [0.5, 0.6) is 0 Å². The van der Waals surface area contributed by atoms with Gasteiger partial charge in [-0.2, -0.15) is 0 Å². The summed E-state index contributed by atoms with van der Waals surface area (Å²) in [6, 6.07) is 17.7. The lowest BCUT2D eigenvalue weighted by Gasteiger charge is -2.20. The fourth-order valence-corrected chi connectivity index (χ4v) is 6.93. The van der Waals surface area contributed by atoms with Gasteiger partial charge in [-0.15, -0.1) is 0 Å². The second-order valence-electron chi connectivity index (χ2n) is 13.7. The van der Waals surface area contributed by atoms with Gasteiger partial charge in [-0.05, 0) is 37.6 Å². The van der Waals surface area contributed by atoms with Gasteiger partial charge < -0.3 is 18.6 Å². The van der Waals surface area contributed by atoms with Gasteiger partial charge in [-0.1, -0.05) is 87.5 Å². The minimum Gasteiger partial charge on any atom is -0.368 e. The van der Waals surface area contributed by atoms with E-state index in [0.29, 0.717) is 0 Å². The first-order chi connectivity index (χ1) is 19.6. The van der Waals surface area contributed by atoms with Crippen LogP contribution in [0.3, 0.4) is 0 Å². The van der Waals surface area contributed by atoms with Crippen LogP contribution in [0.4, 0.5) is 0 Å². The van der Waals surface area contributed by atoms with Gasteiger partial charge in [0.05, 0.1) is 32.0 Å². The Bertz CT molecular complexity index is 1860. The zero-order valence-corrected chi connectivity index (χ0v) is 24.7. The Labute approximate surface area is 242 Å². The number of aromatic nitrogens is 2. The summed E-state index contributed by atoms with van der Waals surface area (Å²) in [5.74, 6) is 0.273. The highest BCUT2D eigenvalue weighted by molar-refractivity contribution is 6.03. The fraction of sp³-hybridized carbons (Fsp3) is 0.351. The van der Waals surface area contributed by atoms with Gasteiger partial charge in [0.25, 0.3) is 0 Å². The van der Waals surface area contributed by atoms with E-state index >= 15 is 0 Å². The maximum absolute atomic E-state index is 5.94. The molecule has 4 nitrogen and oxygen atoms in total. The van der Waals surface area contributed by atoms with E-state index in [4.69, 9.17) is 9.47 Å². The Morgan fingerprint density at radius 3 is 2.02 bits per heavy atom. The number of para-hydroxylation sites is 2. The highest BCUT2D eigenvalue weighted by atomic mass is 16.6. The van der Waals surface area contributed by atoms with Gasteiger partial charge in [0.2, 0.25) is 0 Å². The molecule has 3 atom stereocenters. The predicted octanol–water partition coefficient (Wildman–Crippen LogP) is 8.37. The van der Waals surface area contributed by atoms with Gasteiger partial charge in [0.1, 0.15) is 11.2 Å². The average molecular weight is 543 g/mol. The molecule has 8 rings (SSSR count). The number of hydrogen-bond acceptors (Lipinski definition) is 2. The molecule has 0 amide bonds. The molecule has 2 aromatic carbocycles. The summed E-state index contributed by atoms with van der Waals surface area (Å²) in [6.07, 6.45) is 14.4. The number of nitrogens with zero attached hydrogens (tertiary/aromatic N) is 2. The van der Waals surface area contributed by atoms with E-state index in [9.17, 15) is 0 Å². The summed E-state index contributed by atoms with van der Waals surface area (Å²) in [5.41, 5.74) is 10.1. The second kappa shape index (κ2) is 8.47. The number of hydrogen-bond donors (Lipinski definition) is 0. The molecule has 2 aromatic heterocycles. The van der Waals surface area contributed by atoms with Crippen molar-refractivity contribution >= 4 is 39.5 Å². The Morgan fingerprint density at radius 1 is 0.780 bits per heavy atom. The number of allylic oxidation sites excluding steroid dienone is 6.